The molecule has 0 spiro atoms. The van der Waals surface area contributed by atoms with Gasteiger partial charge in [-0.1, -0.05) is 6.92 Å². The second-order valence-corrected chi connectivity index (χ2v) is 3.02. The zero-order valence-corrected chi connectivity index (χ0v) is 8.10. The molecule has 0 fully saturated rings. The summed E-state index contributed by atoms with van der Waals surface area (Å²) in [5, 5.41) is 12.7. The van der Waals surface area contributed by atoms with Crippen molar-refractivity contribution in [1.82, 2.24) is 9.78 Å². The van der Waals surface area contributed by atoms with Crippen LogP contribution in [0, 0.1) is 6.92 Å². The lowest BCUT2D eigenvalue weighted by molar-refractivity contribution is -0.141. The molecule has 0 radical (unpaired) electrons. The Hall–Kier alpha value is -1.65. The minimum absolute atomic E-state index is 0.339. The number of aliphatic carboxylic acids is 1. The molecule has 0 saturated carbocycles. The van der Waals surface area contributed by atoms with Crippen molar-refractivity contribution in [3.8, 4) is 0 Å². The lowest BCUT2D eigenvalue weighted by Crippen LogP contribution is -2.31. The molecule has 1 atom stereocenters. The van der Waals surface area contributed by atoms with E-state index in [2.05, 4.69) is 5.10 Å². The van der Waals surface area contributed by atoms with Crippen molar-refractivity contribution >= 4 is 5.97 Å². The first-order valence-corrected chi connectivity index (χ1v) is 4.35. The van der Waals surface area contributed by atoms with E-state index >= 15 is 0 Å². The number of hydrogen-bond donors (Lipinski definition) is 1. The molecule has 14 heavy (non-hydrogen) atoms. The third kappa shape index (κ3) is 1.99. The third-order valence-corrected chi connectivity index (χ3v) is 1.93. The van der Waals surface area contributed by atoms with E-state index in [1.165, 1.54) is 6.07 Å². The predicted octanol–water partition coefficient (Wildman–Crippen LogP) is 0.587. The van der Waals surface area contributed by atoms with Crippen molar-refractivity contribution in [3.63, 3.8) is 0 Å². The first kappa shape index (κ1) is 10.4. The van der Waals surface area contributed by atoms with E-state index in [1.807, 2.05) is 0 Å². The number of nitrogens with zero attached hydrogens (tertiary/aromatic N) is 2. The van der Waals surface area contributed by atoms with Crippen LogP contribution in [0.15, 0.2) is 16.9 Å². The zero-order chi connectivity index (χ0) is 10.7. The molecule has 1 N–H and O–H groups in total. The molecule has 0 bridgehead atoms. The first-order chi connectivity index (χ1) is 6.56. The monoisotopic (exact) mass is 196 g/mol. The molecule has 1 heterocycles. The Bertz CT molecular complexity index is 397. The summed E-state index contributed by atoms with van der Waals surface area (Å²) in [4.78, 5) is 22.1. The summed E-state index contributed by atoms with van der Waals surface area (Å²) in [5.74, 6) is -1.03. The number of carbonyl (C=O) groups is 1. The lowest BCUT2D eigenvalue weighted by atomic mass is 10.2. The van der Waals surface area contributed by atoms with Crippen LogP contribution in [-0.2, 0) is 4.79 Å². The zero-order valence-electron chi connectivity index (χ0n) is 8.10. The Balaban J connectivity index is 3.22. The molecule has 0 unspecified atom stereocenters. The van der Waals surface area contributed by atoms with Gasteiger partial charge in [-0.2, -0.15) is 5.10 Å². The Kier molecular flexibility index (Phi) is 3.01. The van der Waals surface area contributed by atoms with Crippen LogP contribution >= 0.6 is 0 Å². The van der Waals surface area contributed by atoms with Crippen molar-refractivity contribution in [2.24, 2.45) is 0 Å². The average Bonchev–Trinajstić information content (AvgIpc) is 2.11. The van der Waals surface area contributed by atoms with Crippen LogP contribution in [0.4, 0.5) is 0 Å². The van der Waals surface area contributed by atoms with Crippen LogP contribution in [0.2, 0.25) is 0 Å². The van der Waals surface area contributed by atoms with Gasteiger partial charge in [-0.25, -0.2) is 9.48 Å². The quantitative estimate of drug-likeness (QED) is 0.767. The smallest absolute Gasteiger partial charge is 0.328 e. The van der Waals surface area contributed by atoms with Crippen molar-refractivity contribution in [2.45, 2.75) is 26.3 Å². The van der Waals surface area contributed by atoms with Gasteiger partial charge in [0.05, 0.1) is 5.69 Å². The second kappa shape index (κ2) is 4.04. The van der Waals surface area contributed by atoms with Crippen LogP contribution in [-0.4, -0.2) is 20.9 Å². The van der Waals surface area contributed by atoms with Gasteiger partial charge in [-0.3, -0.25) is 4.79 Å². The molecule has 76 valence electrons. The maximum atomic E-state index is 11.3. The van der Waals surface area contributed by atoms with Gasteiger partial charge in [-0.05, 0) is 19.4 Å². The molecule has 0 aromatic carbocycles. The highest BCUT2D eigenvalue weighted by Gasteiger charge is 2.19. The van der Waals surface area contributed by atoms with E-state index in [0.29, 0.717) is 12.1 Å². The van der Waals surface area contributed by atoms with Crippen molar-refractivity contribution in [1.29, 1.82) is 0 Å². The maximum Gasteiger partial charge on any atom is 0.328 e. The summed E-state index contributed by atoms with van der Waals surface area (Å²) in [6, 6.07) is 2.02. The third-order valence-electron chi connectivity index (χ3n) is 1.93. The highest BCUT2D eigenvalue weighted by Crippen LogP contribution is 2.06. The minimum atomic E-state index is -1.03. The van der Waals surface area contributed by atoms with E-state index < -0.39 is 12.0 Å². The largest absolute Gasteiger partial charge is 0.480 e. The van der Waals surface area contributed by atoms with Gasteiger partial charge in [0.1, 0.15) is 0 Å². The highest BCUT2D eigenvalue weighted by atomic mass is 16.4. The Morgan fingerprint density at radius 3 is 2.79 bits per heavy atom. The van der Waals surface area contributed by atoms with Gasteiger partial charge >= 0.3 is 5.97 Å². The Labute approximate surface area is 81.0 Å². The van der Waals surface area contributed by atoms with E-state index in [4.69, 9.17) is 5.11 Å². The van der Waals surface area contributed by atoms with E-state index in [9.17, 15) is 9.59 Å². The van der Waals surface area contributed by atoms with Gasteiger partial charge in [-0.15, -0.1) is 0 Å². The molecule has 0 amide bonds. The average molecular weight is 196 g/mol. The molecule has 0 aliphatic rings. The number of aryl methyl sites for hydroxylation is 1. The van der Waals surface area contributed by atoms with Gasteiger partial charge in [0.15, 0.2) is 6.04 Å². The van der Waals surface area contributed by atoms with Gasteiger partial charge in [0, 0.05) is 6.07 Å². The molecule has 5 heteroatoms. The van der Waals surface area contributed by atoms with Crippen LogP contribution in [0.25, 0.3) is 0 Å². The lowest BCUT2D eigenvalue weighted by Gasteiger charge is -2.11. The molecule has 1 rings (SSSR count). The summed E-state index contributed by atoms with van der Waals surface area (Å²) < 4.78 is 1.01. The standard InChI is InChI=1S/C9H12N2O3/c1-3-7(9(13)14)11-8(12)5-4-6(2)10-11/h4-5,7H,3H2,1-2H3,(H,13,14)/t7-/m0/s1. The van der Waals surface area contributed by atoms with Gasteiger partial charge in [0.25, 0.3) is 5.56 Å². The fraction of sp³-hybridized carbons (Fsp3) is 0.444. The number of carboxylic acid groups (broad SMARTS) is 1. The summed E-state index contributed by atoms with van der Waals surface area (Å²) in [5.41, 5.74) is 0.245. The molecule has 1 aromatic heterocycles. The van der Waals surface area contributed by atoms with Crippen LogP contribution in [0.3, 0.4) is 0 Å². The summed E-state index contributed by atoms with van der Waals surface area (Å²) in [6.07, 6.45) is 0.339. The normalized spacial score (nSPS) is 12.4. The van der Waals surface area contributed by atoms with Crippen molar-refractivity contribution < 1.29 is 9.90 Å². The Morgan fingerprint density at radius 1 is 1.64 bits per heavy atom. The summed E-state index contributed by atoms with van der Waals surface area (Å²) in [7, 11) is 0. The molecular weight excluding hydrogens is 184 g/mol. The number of aromatic nitrogens is 2. The SMILES string of the molecule is CC[C@@H](C(=O)O)n1nc(C)ccc1=O. The fourth-order valence-electron chi connectivity index (χ4n) is 1.20. The van der Waals surface area contributed by atoms with E-state index in [1.54, 1.807) is 19.9 Å². The summed E-state index contributed by atoms with van der Waals surface area (Å²) >= 11 is 0. The number of hydrogen-bond acceptors (Lipinski definition) is 3. The van der Waals surface area contributed by atoms with E-state index in [0.717, 1.165) is 4.68 Å². The van der Waals surface area contributed by atoms with Crippen LogP contribution in [0.1, 0.15) is 25.1 Å². The predicted molar refractivity (Wildman–Crippen MR) is 50.2 cm³/mol. The van der Waals surface area contributed by atoms with Crippen molar-refractivity contribution in [3.05, 3.63) is 28.2 Å². The number of carboxylic acids is 1. The molecule has 0 aliphatic heterocycles. The first-order valence-electron chi connectivity index (χ1n) is 4.35. The van der Waals surface area contributed by atoms with E-state index in [-0.39, 0.29) is 5.56 Å². The molecule has 1 aromatic rings. The number of rotatable bonds is 3. The fourth-order valence-corrected chi connectivity index (χ4v) is 1.20. The molecule has 5 nitrogen and oxygen atoms in total. The molecule has 0 saturated heterocycles. The topological polar surface area (TPSA) is 72.2 Å². The molecule has 0 aliphatic carbocycles. The Morgan fingerprint density at radius 2 is 2.29 bits per heavy atom. The van der Waals surface area contributed by atoms with Gasteiger partial charge < -0.3 is 5.11 Å². The molecular formula is C9H12N2O3. The van der Waals surface area contributed by atoms with Gasteiger partial charge in [0.2, 0.25) is 0 Å². The maximum absolute atomic E-state index is 11.3. The summed E-state index contributed by atoms with van der Waals surface area (Å²) in [6.45, 7) is 3.42. The van der Waals surface area contributed by atoms with Crippen LogP contribution in [0.5, 0.6) is 0 Å². The minimum Gasteiger partial charge on any atom is -0.480 e. The highest BCUT2D eigenvalue weighted by molar-refractivity contribution is 5.71. The second-order valence-electron chi connectivity index (χ2n) is 3.02. The van der Waals surface area contributed by atoms with Crippen molar-refractivity contribution in [2.75, 3.05) is 0 Å². The van der Waals surface area contributed by atoms with Crippen LogP contribution < -0.4 is 5.56 Å².